The summed E-state index contributed by atoms with van der Waals surface area (Å²) in [6.07, 6.45) is 12.7. The number of rotatable bonds is 11. The van der Waals surface area contributed by atoms with Crippen molar-refractivity contribution in [2.45, 2.75) is 45.1 Å². The Morgan fingerprint density at radius 2 is 2.09 bits per heavy atom. The zero-order valence-corrected chi connectivity index (χ0v) is 18.6. The van der Waals surface area contributed by atoms with Gasteiger partial charge in [0.1, 0.15) is 5.75 Å². The number of hydrogen-bond acceptors (Lipinski definition) is 5. The van der Waals surface area contributed by atoms with Gasteiger partial charge in [0.15, 0.2) is 5.78 Å². The predicted octanol–water partition coefficient (Wildman–Crippen LogP) is 4.43. The molecule has 6 nitrogen and oxygen atoms in total. The lowest BCUT2D eigenvalue weighted by Gasteiger charge is -2.21. The van der Waals surface area contributed by atoms with Crippen LogP contribution in [0.15, 0.2) is 61.6 Å². The van der Waals surface area contributed by atoms with E-state index in [1.165, 1.54) is 7.11 Å². The van der Waals surface area contributed by atoms with E-state index >= 15 is 0 Å². The molecule has 0 N–H and O–H groups in total. The fourth-order valence-corrected chi connectivity index (χ4v) is 4.01. The van der Waals surface area contributed by atoms with E-state index in [-0.39, 0.29) is 18.2 Å². The average Bonchev–Trinajstić information content (AvgIpc) is 3.24. The van der Waals surface area contributed by atoms with Gasteiger partial charge in [-0.3, -0.25) is 9.59 Å². The molecule has 2 aromatic rings. The maximum absolute atomic E-state index is 12.3. The first-order chi connectivity index (χ1) is 15.6. The van der Waals surface area contributed by atoms with Gasteiger partial charge in [-0.15, -0.1) is 0 Å². The fraction of sp³-hybridized carbons (Fsp3) is 0.346. The molecule has 0 radical (unpaired) electrons. The lowest BCUT2D eigenvalue weighted by atomic mass is 9.85. The van der Waals surface area contributed by atoms with Crippen molar-refractivity contribution in [2.24, 2.45) is 0 Å². The van der Waals surface area contributed by atoms with Gasteiger partial charge in [0.25, 0.3) is 0 Å². The number of benzene rings is 1. The van der Waals surface area contributed by atoms with E-state index in [1.54, 1.807) is 12.4 Å². The third-order valence-corrected chi connectivity index (χ3v) is 5.69. The molecule has 3 rings (SSSR count). The van der Waals surface area contributed by atoms with Crippen LogP contribution < -0.4 is 4.74 Å². The summed E-state index contributed by atoms with van der Waals surface area (Å²) in [5.41, 5.74) is 4.80. The summed E-state index contributed by atoms with van der Waals surface area (Å²) < 4.78 is 13.0. The highest BCUT2D eigenvalue weighted by Gasteiger charge is 2.23. The molecule has 0 amide bonds. The molecular weight excluding hydrogens is 404 g/mol. The van der Waals surface area contributed by atoms with E-state index in [9.17, 15) is 9.59 Å². The second kappa shape index (κ2) is 11.3. The van der Waals surface area contributed by atoms with Gasteiger partial charge in [0.2, 0.25) is 0 Å². The summed E-state index contributed by atoms with van der Waals surface area (Å²) in [4.78, 5) is 28.4. The number of esters is 1. The van der Waals surface area contributed by atoms with Gasteiger partial charge in [-0.25, -0.2) is 4.98 Å². The molecule has 0 saturated heterocycles. The number of allylic oxidation sites excluding steroid dienone is 4. The van der Waals surface area contributed by atoms with Crippen LogP contribution in [0.25, 0.3) is 0 Å². The second-order valence-electron chi connectivity index (χ2n) is 7.71. The molecule has 0 bridgehead atoms. The van der Waals surface area contributed by atoms with Crippen LogP contribution >= 0.6 is 0 Å². The average molecular weight is 435 g/mol. The van der Waals surface area contributed by atoms with Crippen LogP contribution in [0, 0.1) is 0 Å². The molecule has 0 unspecified atom stereocenters. The van der Waals surface area contributed by atoms with Gasteiger partial charge in [0.05, 0.1) is 20.0 Å². The Hall–Kier alpha value is -3.41. The maximum atomic E-state index is 12.3. The molecule has 1 heterocycles. The number of Topliss-reactive ketones (excluding diaryl/α,β-unsaturated/α-hetero) is 1. The molecular formula is C26H30N2O4. The molecule has 6 heteroatoms. The van der Waals surface area contributed by atoms with Crippen molar-refractivity contribution in [1.29, 1.82) is 0 Å². The van der Waals surface area contributed by atoms with Crippen molar-refractivity contribution in [3.63, 3.8) is 0 Å². The number of aromatic nitrogens is 2. The molecule has 0 aliphatic heterocycles. The predicted molar refractivity (Wildman–Crippen MR) is 124 cm³/mol. The van der Waals surface area contributed by atoms with Crippen molar-refractivity contribution >= 4 is 11.8 Å². The lowest BCUT2D eigenvalue weighted by Crippen LogP contribution is -2.16. The Morgan fingerprint density at radius 1 is 1.25 bits per heavy atom. The first-order valence-electron chi connectivity index (χ1n) is 10.9. The zero-order chi connectivity index (χ0) is 22.9. The Labute approximate surface area is 189 Å². The zero-order valence-electron chi connectivity index (χ0n) is 18.6. The van der Waals surface area contributed by atoms with Crippen molar-refractivity contribution in [3.8, 4) is 5.75 Å². The number of ether oxygens (including phenoxy) is 2. The molecule has 1 aromatic heterocycles. The van der Waals surface area contributed by atoms with Gasteiger partial charge in [-0.2, -0.15) is 0 Å². The topological polar surface area (TPSA) is 70.4 Å². The minimum Gasteiger partial charge on any atom is -0.493 e. The molecule has 1 aliphatic rings. The molecule has 0 fully saturated rings. The van der Waals surface area contributed by atoms with E-state index in [4.69, 9.17) is 9.47 Å². The Bertz CT molecular complexity index is 1030. The van der Waals surface area contributed by atoms with E-state index < -0.39 is 0 Å². The van der Waals surface area contributed by atoms with E-state index in [0.29, 0.717) is 32.4 Å². The maximum Gasteiger partial charge on any atom is 0.305 e. The minimum absolute atomic E-state index is 0.159. The van der Waals surface area contributed by atoms with E-state index in [0.717, 1.165) is 46.5 Å². The van der Waals surface area contributed by atoms with Gasteiger partial charge < -0.3 is 14.0 Å². The second-order valence-corrected chi connectivity index (χ2v) is 7.71. The first kappa shape index (κ1) is 23.3. The van der Waals surface area contributed by atoms with Crippen LogP contribution in [-0.4, -0.2) is 35.0 Å². The summed E-state index contributed by atoms with van der Waals surface area (Å²) in [6.45, 7) is 8.70. The van der Waals surface area contributed by atoms with Gasteiger partial charge in [0, 0.05) is 43.3 Å². The summed E-state index contributed by atoms with van der Waals surface area (Å²) in [7, 11) is 1.38. The summed E-state index contributed by atoms with van der Waals surface area (Å²) in [6, 6.07) is 3.71. The summed E-state index contributed by atoms with van der Waals surface area (Å²) in [5.74, 6) is 0.614. The number of carbonyl (C=O) groups is 2. The van der Waals surface area contributed by atoms with Crippen LogP contribution in [0.2, 0.25) is 0 Å². The molecule has 1 aliphatic carbocycles. The monoisotopic (exact) mass is 434 g/mol. The molecule has 32 heavy (non-hydrogen) atoms. The molecule has 1 aromatic carbocycles. The normalized spacial score (nSPS) is 13.4. The van der Waals surface area contributed by atoms with Crippen molar-refractivity contribution in [3.05, 3.63) is 84.0 Å². The number of ketones is 1. The van der Waals surface area contributed by atoms with Gasteiger partial charge in [-0.05, 0) is 48.1 Å². The molecule has 0 spiro atoms. The van der Waals surface area contributed by atoms with Crippen molar-refractivity contribution in [2.75, 3.05) is 13.7 Å². The highest BCUT2D eigenvalue weighted by Crippen LogP contribution is 2.32. The quantitative estimate of drug-likeness (QED) is 0.387. The smallest absolute Gasteiger partial charge is 0.305 e. The summed E-state index contributed by atoms with van der Waals surface area (Å²) >= 11 is 0. The van der Waals surface area contributed by atoms with Crippen LogP contribution in [-0.2, 0) is 35.3 Å². The fourth-order valence-electron chi connectivity index (χ4n) is 4.01. The van der Waals surface area contributed by atoms with Gasteiger partial charge >= 0.3 is 5.97 Å². The van der Waals surface area contributed by atoms with Crippen LogP contribution in [0.3, 0.4) is 0 Å². The summed E-state index contributed by atoms with van der Waals surface area (Å²) in [5, 5.41) is 0. The Balaban J connectivity index is 1.74. The number of nitrogens with zero attached hydrogens (tertiary/aromatic N) is 2. The number of fused-ring (bicyclic) bond motifs is 1. The van der Waals surface area contributed by atoms with Crippen LogP contribution in [0.4, 0.5) is 0 Å². The third-order valence-electron chi connectivity index (χ3n) is 5.69. The highest BCUT2D eigenvalue weighted by atomic mass is 16.5. The number of carbonyl (C=O) groups excluding carboxylic acids is 2. The van der Waals surface area contributed by atoms with Crippen LogP contribution in [0.1, 0.15) is 46.4 Å². The van der Waals surface area contributed by atoms with E-state index in [1.807, 2.05) is 30.5 Å². The minimum atomic E-state index is -0.273. The molecule has 168 valence electrons. The Kier molecular flexibility index (Phi) is 8.20. The van der Waals surface area contributed by atoms with E-state index in [2.05, 4.69) is 22.7 Å². The number of methoxy groups -OCH3 is 1. The molecule has 0 saturated carbocycles. The van der Waals surface area contributed by atoms with Gasteiger partial charge in [-0.1, -0.05) is 31.4 Å². The highest BCUT2D eigenvalue weighted by molar-refractivity contribution is 5.99. The Morgan fingerprint density at radius 3 is 2.84 bits per heavy atom. The van der Waals surface area contributed by atoms with Crippen molar-refractivity contribution in [1.82, 2.24) is 9.55 Å². The first-order valence-corrected chi connectivity index (χ1v) is 10.9. The lowest BCUT2D eigenvalue weighted by molar-refractivity contribution is -0.140. The third kappa shape index (κ3) is 5.63. The molecule has 0 atom stereocenters. The van der Waals surface area contributed by atoms with Crippen LogP contribution in [0.5, 0.6) is 5.75 Å². The number of imidazole rings is 1. The largest absolute Gasteiger partial charge is 0.493 e. The standard InChI is InChI=1S/C26H30N2O4/c1-4-7-19(5-2)17-28-18-27-16-20(28)14-15-32-25-12-10-22-21(8-6-9-24(22)29)23(25)11-13-26(30)31-3/h4-5,7,10,12,16,18H,1-2,6,8-9,11,13-15,17H2,3H3/b19-7+. The number of hydrogen-bond donors (Lipinski definition) is 0. The SMILES string of the molecule is C=C/C=C(\C=C)Cn1cncc1CCOc1ccc2c(c1CCC(=O)OC)CCCC2=O. The van der Waals surface area contributed by atoms with Crippen molar-refractivity contribution < 1.29 is 19.1 Å².